The fraction of sp³-hybridized carbons (Fsp3) is 0.222. The zero-order valence-electron chi connectivity index (χ0n) is 12.5. The minimum atomic E-state index is 0.519. The lowest BCUT2D eigenvalue weighted by Crippen LogP contribution is -2.22. The van der Waals surface area contributed by atoms with Gasteiger partial charge in [-0.3, -0.25) is 0 Å². The highest BCUT2D eigenvalue weighted by Gasteiger charge is 2.12. The SMILES string of the molecule is CN(CCCOc1ccccc1)c1c(C#N)cccc1C#N. The first-order valence-corrected chi connectivity index (χ1v) is 7.08. The zero-order valence-corrected chi connectivity index (χ0v) is 12.5. The molecule has 2 aromatic carbocycles. The normalized spacial score (nSPS) is 9.59. The fourth-order valence-electron chi connectivity index (χ4n) is 2.26. The Morgan fingerprint density at radius 3 is 2.18 bits per heavy atom. The van der Waals surface area contributed by atoms with Crippen LogP contribution in [0.3, 0.4) is 0 Å². The average molecular weight is 291 g/mol. The van der Waals surface area contributed by atoms with E-state index in [2.05, 4.69) is 12.1 Å². The van der Waals surface area contributed by atoms with Crippen molar-refractivity contribution in [3.63, 3.8) is 0 Å². The fourth-order valence-corrected chi connectivity index (χ4v) is 2.26. The van der Waals surface area contributed by atoms with Gasteiger partial charge in [-0.25, -0.2) is 0 Å². The number of hydrogen-bond donors (Lipinski definition) is 0. The summed E-state index contributed by atoms with van der Waals surface area (Å²) in [5.74, 6) is 0.847. The second-order valence-corrected chi connectivity index (χ2v) is 4.86. The summed E-state index contributed by atoms with van der Waals surface area (Å²) in [6, 6.07) is 19.1. The van der Waals surface area contributed by atoms with Gasteiger partial charge in [-0.15, -0.1) is 0 Å². The van der Waals surface area contributed by atoms with E-state index in [0.29, 0.717) is 30.0 Å². The largest absolute Gasteiger partial charge is 0.494 e. The highest BCUT2D eigenvalue weighted by Crippen LogP contribution is 2.23. The van der Waals surface area contributed by atoms with Crippen molar-refractivity contribution < 1.29 is 4.74 Å². The summed E-state index contributed by atoms with van der Waals surface area (Å²) in [6.07, 6.45) is 0.802. The van der Waals surface area contributed by atoms with Gasteiger partial charge in [0.1, 0.15) is 17.9 Å². The molecule has 110 valence electrons. The number of ether oxygens (including phenoxy) is 1. The van der Waals surface area contributed by atoms with Crippen LogP contribution in [0.25, 0.3) is 0 Å². The van der Waals surface area contributed by atoms with Gasteiger partial charge in [-0.05, 0) is 30.7 Å². The first-order chi connectivity index (χ1) is 10.8. The number of nitriles is 2. The Kier molecular flexibility index (Phi) is 5.40. The maximum Gasteiger partial charge on any atom is 0.119 e. The summed E-state index contributed by atoms with van der Waals surface area (Å²) in [7, 11) is 1.89. The zero-order chi connectivity index (χ0) is 15.8. The van der Waals surface area contributed by atoms with Gasteiger partial charge in [0.2, 0.25) is 0 Å². The molecule has 0 saturated heterocycles. The van der Waals surface area contributed by atoms with E-state index < -0.39 is 0 Å². The Morgan fingerprint density at radius 1 is 0.955 bits per heavy atom. The lowest BCUT2D eigenvalue weighted by atomic mass is 10.1. The first-order valence-electron chi connectivity index (χ1n) is 7.08. The summed E-state index contributed by atoms with van der Waals surface area (Å²) < 4.78 is 5.65. The van der Waals surface area contributed by atoms with E-state index in [1.54, 1.807) is 18.2 Å². The summed E-state index contributed by atoms with van der Waals surface area (Å²) in [6.45, 7) is 1.30. The van der Waals surface area contributed by atoms with E-state index in [1.165, 1.54) is 0 Å². The first kappa shape index (κ1) is 15.4. The van der Waals surface area contributed by atoms with Gasteiger partial charge in [0, 0.05) is 13.6 Å². The lowest BCUT2D eigenvalue weighted by molar-refractivity contribution is 0.312. The molecule has 0 aliphatic carbocycles. The van der Waals surface area contributed by atoms with Gasteiger partial charge in [-0.2, -0.15) is 10.5 Å². The van der Waals surface area contributed by atoms with Crippen molar-refractivity contribution in [1.82, 2.24) is 0 Å². The van der Waals surface area contributed by atoms with Crippen molar-refractivity contribution in [2.75, 3.05) is 25.1 Å². The van der Waals surface area contributed by atoms with E-state index >= 15 is 0 Å². The Morgan fingerprint density at radius 2 is 1.59 bits per heavy atom. The van der Waals surface area contributed by atoms with E-state index in [1.807, 2.05) is 42.3 Å². The molecule has 4 nitrogen and oxygen atoms in total. The van der Waals surface area contributed by atoms with Crippen molar-refractivity contribution in [3.8, 4) is 17.9 Å². The molecule has 0 atom stereocenters. The highest BCUT2D eigenvalue weighted by atomic mass is 16.5. The average Bonchev–Trinajstić information content (AvgIpc) is 2.58. The molecule has 0 spiro atoms. The molecule has 0 amide bonds. The Labute approximate surface area is 130 Å². The molecule has 0 unspecified atom stereocenters. The topological polar surface area (TPSA) is 60.0 Å². The predicted octanol–water partition coefficient (Wildman–Crippen LogP) is 3.34. The molecule has 0 saturated carbocycles. The van der Waals surface area contributed by atoms with Crippen molar-refractivity contribution in [1.29, 1.82) is 10.5 Å². The van der Waals surface area contributed by atoms with E-state index in [4.69, 9.17) is 4.74 Å². The number of anilines is 1. The molecule has 0 aromatic heterocycles. The maximum atomic E-state index is 9.20. The maximum absolute atomic E-state index is 9.20. The molecule has 0 radical (unpaired) electrons. The molecular formula is C18H17N3O. The number of nitrogens with zero attached hydrogens (tertiary/aromatic N) is 3. The molecule has 0 heterocycles. The second kappa shape index (κ2) is 7.71. The van der Waals surface area contributed by atoms with Crippen molar-refractivity contribution in [2.24, 2.45) is 0 Å². The molecule has 2 rings (SSSR count). The van der Waals surface area contributed by atoms with Crippen LogP contribution in [0.2, 0.25) is 0 Å². The smallest absolute Gasteiger partial charge is 0.119 e. The van der Waals surface area contributed by atoms with Gasteiger partial charge in [-0.1, -0.05) is 24.3 Å². The van der Waals surface area contributed by atoms with Crippen LogP contribution >= 0.6 is 0 Å². The van der Waals surface area contributed by atoms with Crippen LogP contribution < -0.4 is 9.64 Å². The van der Waals surface area contributed by atoms with Crippen molar-refractivity contribution in [3.05, 3.63) is 59.7 Å². The van der Waals surface area contributed by atoms with Crippen molar-refractivity contribution >= 4 is 5.69 Å². The molecule has 0 aliphatic heterocycles. The third-order valence-corrected chi connectivity index (χ3v) is 3.31. The number of hydrogen-bond acceptors (Lipinski definition) is 4. The third-order valence-electron chi connectivity index (χ3n) is 3.31. The highest BCUT2D eigenvalue weighted by molar-refractivity contribution is 5.67. The van der Waals surface area contributed by atoms with Crippen LogP contribution in [0.5, 0.6) is 5.75 Å². The molecule has 0 N–H and O–H groups in total. The third kappa shape index (κ3) is 3.77. The van der Waals surface area contributed by atoms with Gasteiger partial charge < -0.3 is 9.64 Å². The Balaban J connectivity index is 1.94. The van der Waals surface area contributed by atoms with Crippen LogP contribution in [0.15, 0.2) is 48.5 Å². The van der Waals surface area contributed by atoms with Gasteiger partial charge in [0.05, 0.1) is 23.4 Å². The van der Waals surface area contributed by atoms with Gasteiger partial charge >= 0.3 is 0 Å². The summed E-state index contributed by atoms with van der Waals surface area (Å²) in [5, 5.41) is 18.4. The lowest BCUT2D eigenvalue weighted by Gasteiger charge is -2.21. The van der Waals surface area contributed by atoms with E-state index in [9.17, 15) is 10.5 Å². The number of rotatable bonds is 6. The van der Waals surface area contributed by atoms with Crippen molar-refractivity contribution in [2.45, 2.75) is 6.42 Å². The molecular weight excluding hydrogens is 274 g/mol. The van der Waals surface area contributed by atoms with Gasteiger partial charge in [0.25, 0.3) is 0 Å². The number of para-hydroxylation sites is 2. The summed E-state index contributed by atoms with van der Waals surface area (Å²) in [4.78, 5) is 1.94. The Bertz CT molecular complexity index is 666. The van der Waals surface area contributed by atoms with Crippen LogP contribution in [0, 0.1) is 22.7 Å². The molecule has 4 heteroatoms. The minimum absolute atomic E-state index is 0.519. The van der Waals surface area contributed by atoms with Gasteiger partial charge in [0.15, 0.2) is 0 Å². The Hall–Kier alpha value is -2.98. The molecule has 2 aromatic rings. The standard InChI is InChI=1S/C18H17N3O/c1-21(11-6-12-22-17-9-3-2-4-10-17)18-15(13-19)7-5-8-16(18)14-20/h2-5,7-10H,6,11-12H2,1H3. The summed E-state index contributed by atoms with van der Waals surface area (Å²) >= 11 is 0. The predicted molar refractivity (Wildman–Crippen MR) is 85.7 cm³/mol. The summed E-state index contributed by atoms with van der Waals surface area (Å²) in [5.41, 5.74) is 1.73. The molecule has 0 bridgehead atoms. The van der Waals surface area contributed by atoms with Crippen LogP contribution in [0.4, 0.5) is 5.69 Å². The number of benzene rings is 2. The quantitative estimate of drug-likeness (QED) is 0.766. The van der Waals surface area contributed by atoms with E-state index in [0.717, 1.165) is 12.2 Å². The monoisotopic (exact) mass is 291 g/mol. The molecule has 22 heavy (non-hydrogen) atoms. The van der Waals surface area contributed by atoms with Crippen LogP contribution in [-0.2, 0) is 0 Å². The molecule has 0 fully saturated rings. The van der Waals surface area contributed by atoms with Crippen LogP contribution in [0.1, 0.15) is 17.5 Å². The minimum Gasteiger partial charge on any atom is -0.494 e. The molecule has 0 aliphatic rings. The van der Waals surface area contributed by atoms with E-state index in [-0.39, 0.29) is 0 Å². The second-order valence-electron chi connectivity index (χ2n) is 4.86. The van der Waals surface area contributed by atoms with Crippen LogP contribution in [-0.4, -0.2) is 20.2 Å².